The highest BCUT2D eigenvalue weighted by molar-refractivity contribution is 5.85. The van der Waals surface area contributed by atoms with Crippen molar-refractivity contribution in [1.82, 2.24) is 0 Å². The molecule has 1 heterocycles. The van der Waals surface area contributed by atoms with Crippen molar-refractivity contribution in [2.75, 3.05) is 6.61 Å². The van der Waals surface area contributed by atoms with E-state index in [9.17, 15) is 0 Å². The van der Waals surface area contributed by atoms with Gasteiger partial charge in [0.25, 0.3) is 0 Å². The Bertz CT molecular complexity index is 371. The maximum atomic E-state index is 6.08. The number of halogens is 1. The van der Waals surface area contributed by atoms with E-state index in [0.29, 0.717) is 0 Å². The van der Waals surface area contributed by atoms with Crippen LogP contribution in [0.4, 0.5) is 0 Å². The third-order valence-corrected chi connectivity index (χ3v) is 2.93. The van der Waals surface area contributed by atoms with Crippen molar-refractivity contribution < 1.29 is 4.74 Å². The standard InChI is InChI=1S/C13H19NO.ClH/c1-13(2,3)10-6-4-5-9-11(14)7-8-15-12(9)10;/h4-6,11H,7-8,14H2,1-3H3;1H/t11-;/m1./s1. The fraction of sp³-hybridized carbons (Fsp3) is 0.538. The van der Waals surface area contributed by atoms with Crippen molar-refractivity contribution in [3.8, 4) is 5.75 Å². The molecule has 90 valence electrons. The summed E-state index contributed by atoms with van der Waals surface area (Å²) in [6.07, 6.45) is 0.917. The van der Waals surface area contributed by atoms with Crippen LogP contribution in [0, 0.1) is 0 Å². The maximum absolute atomic E-state index is 6.08. The Morgan fingerprint density at radius 3 is 2.62 bits per heavy atom. The van der Waals surface area contributed by atoms with Gasteiger partial charge in [0.05, 0.1) is 6.61 Å². The molecule has 2 rings (SSSR count). The number of hydrogen-bond donors (Lipinski definition) is 1. The van der Waals surface area contributed by atoms with E-state index < -0.39 is 0 Å². The summed E-state index contributed by atoms with van der Waals surface area (Å²) in [4.78, 5) is 0. The van der Waals surface area contributed by atoms with Crippen molar-refractivity contribution in [1.29, 1.82) is 0 Å². The van der Waals surface area contributed by atoms with E-state index in [1.165, 1.54) is 5.56 Å². The zero-order chi connectivity index (χ0) is 11.1. The molecule has 0 fully saturated rings. The summed E-state index contributed by atoms with van der Waals surface area (Å²) in [6.45, 7) is 7.34. The minimum atomic E-state index is 0. The highest BCUT2D eigenvalue weighted by Crippen LogP contribution is 2.39. The SMILES string of the molecule is CC(C)(C)c1cccc2c1OCC[C@H]2N.Cl. The van der Waals surface area contributed by atoms with Gasteiger partial charge in [-0.3, -0.25) is 0 Å². The van der Waals surface area contributed by atoms with E-state index in [2.05, 4.69) is 39.0 Å². The molecule has 1 aliphatic rings. The van der Waals surface area contributed by atoms with Gasteiger partial charge in [-0.15, -0.1) is 12.4 Å². The lowest BCUT2D eigenvalue weighted by atomic mass is 9.83. The molecular formula is C13H20ClNO. The smallest absolute Gasteiger partial charge is 0.127 e. The summed E-state index contributed by atoms with van der Waals surface area (Å²) in [5.74, 6) is 1.02. The fourth-order valence-corrected chi connectivity index (χ4v) is 2.04. The molecule has 0 amide bonds. The first-order chi connectivity index (χ1) is 7.00. The zero-order valence-corrected chi connectivity index (χ0v) is 10.9. The quantitative estimate of drug-likeness (QED) is 0.757. The van der Waals surface area contributed by atoms with Crippen LogP contribution in [-0.2, 0) is 5.41 Å². The second kappa shape index (κ2) is 4.64. The first-order valence-electron chi connectivity index (χ1n) is 5.52. The van der Waals surface area contributed by atoms with Crippen molar-refractivity contribution in [2.45, 2.75) is 38.6 Å². The Kier molecular flexibility index (Phi) is 3.87. The topological polar surface area (TPSA) is 35.2 Å². The highest BCUT2D eigenvalue weighted by Gasteiger charge is 2.25. The van der Waals surface area contributed by atoms with Crippen LogP contribution in [-0.4, -0.2) is 6.61 Å². The third-order valence-electron chi connectivity index (χ3n) is 2.93. The average molecular weight is 242 g/mol. The summed E-state index contributed by atoms with van der Waals surface area (Å²) in [5, 5.41) is 0. The summed E-state index contributed by atoms with van der Waals surface area (Å²) in [5.41, 5.74) is 8.61. The van der Waals surface area contributed by atoms with Gasteiger partial charge < -0.3 is 10.5 Å². The van der Waals surface area contributed by atoms with Gasteiger partial charge in [0.1, 0.15) is 5.75 Å². The van der Waals surface area contributed by atoms with E-state index >= 15 is 0 Å². The molecule has 1 aliphatic heterocycles. The van der Waals surface area contributed by atoms with E-state index in [1.54, 1.807) is 0 Å². The van der Waals surface area contributed by atoms with Crippen LogP contribution in [0.25, 0.3) is 0 Å². The Morgan fingerprint density at radius 2 is 2.00 bits per heavy atom. The van der Waals surface area contributed by atoms with Crippen molar-refractivity contribution in [3.63, 3.8) is 0 Å². The second-order valence-electron chi connectivity index (χ2n) is 5.22. The van der Waals surface area contributed by atoms with Gasteiger partial charge in [-0.2, -0.15) is 0 Å². The van der Waals surface area contributed by atoms with Crippen molar-refractivity contribution >= 4 is 12.4 Å². The van der Waals surface area contributed by atoms with Crippen molar-refractivity contribution in [2.24, 2.45) is 5.73 Å². The molecule has 2 nitrogen and oxygen atoms in total. The van der Waals surface area contributed by atoms with Gasteiger partial charge in [-0.1, -0.05) is 39.0 Å². The minimum absolute atomic E-state index is 0. The fourth-order valence-electron chi connectivity index (χ4n) is 2.04. The molecule has 3 heteroatoms. The largest absolute Gasteiger partial charge is 0.493 e. The Hall–Kier alpha value is -0.730. The number of ether oxygens (including phenoxy) is 1. The van der Waals surface area contributed by atoms with Gasteiger partial charge in [-0.25, -0.2) is 0 Å². The zero-order valence-electron chi connectivity index (χ0n) is 10.1. The number of para-hydroxylation sites is 1. The van der Waals surface area contributed by atoms with Crippen LogP contribution < -0.4 is 10.5 Å². The molecule has 0 bridgehead atoms. The van der Waals surface area contributed by atoms with E-state index in [-0.39, 0.29) is 23.9 Å². The van der Waals surface area contributed by atoms with E-state index in [0.717, 1.165) is 24.3 Å². The van der Waals surface area contributed by atoms with Crippen LogP contribution in [0.2, 0.25) is 0 Å². The summed E-state index contributed by atoms with van der Waals surface area (Å²) >= 11 is 0. The number of rotatable bonds is 0. The first-order valence-corrected chi connectivity index (χ1v) is 5.52. The van der Waals surface area contributed by atoms with Crippen LogP contribution in [0.1, 0.15) is 44.4 Å². The summed E-state index contributed by atoms with van der Waals surface area (Å²) in [7, 11) is 0. The molecule has 1 aromatic rings. The predicted octanol–water partition coefficient (Wildman–Crippen LogP) is 3.19. The van der Waals surface area contributed by atoms with Crippen LogP contribution in [0.5, 0.6) is 5.75 Å². The lowest BCUT2D eigenvalue weighted by Crippen LogP contribution is -2.24. The molecule has 0 aliphatic carbocycles. The predicted molar refractivity (Wildman–Crippen MR) is 69.4 cm³/mol. The summed E-state index contributed by atoms with van der Waals surface area (Å²) < 4.78 is 5.77. The Morgan fingerprint density at radius 1 is 1.31 bits per heavy atom. The molecular weight excluding hydrogens is 222 g/mol. The number of nitrogens with two attached hydrogens (primary N) is 1. The molecule has 0 unspecified atom stereocenters. The first kappa shape index (κ1) is 13.3. The summed E-state index contributed by atoms with van der Waals surface area (Å²) in [6, 6.07) is 6.43. The highest BCUT2D eigenvalue weighted by atomic mass is 35.5. The molecule has 16 heavy (non-hydrogen) atoms. The van der Waals surface area contributed by atoms with E-state index in [4.69, 9.17) is 10.5 Å². The Balaban J connectivity index is 0.00000128. The number of benzene rings is 1. The van der Waals surface area contributed by atoms with Crippen LogP contribution >= 0.6 is 12.4 Å². The second-order valence-corrected chi connectivity index (χ2v) is 5.22. The van der Waals surface area contributed by atoms with Crippen LogP contribution in [0.3, 0.4) is 0 Å². The van der Waals surface area contributed by atoms with Gasteiger partial charge in [0.2, 0.25) is 0 Å². The van der Waals surface area contributed by atoms with Gasteiger partial charge in [-0.05, 0) is 11.0 Å². The normalized spacial score (nSPS) is 19.4. The van der Waals surface area contributed by atoms with Gasteiger partial charge >= 0.3 is 0 Å². The molecule has 0 aromatic heterocycles. The molecule has 0 saturated heterocycles. The molecule has 2 N–H and O–H groups in total. The van der Waals surface area contributed by atoms with Gasteiger partial charge in [0.15, 0.2) is 0 Å². The van der Waals surface area contributed by atoms with E-state index in [1.807, 2.05) is 0 Å². The Labute approximate surface area is 104 Å². The monoisotopic (exact) mass is 241 g/mol. The molecule has 1 aromatic carbocycles. The minimum Gasteiger partial charge on any atom is -0.493 e. The van der Waals surface area contributed by atoms with Crippen molar-refractivity contribution in [3.05, 3.63) is 29.3 Å². The average Bonchev–Trinajstić information content (AvgIpc) is 2.16. The third kappa shape index (κ3) is 2.33. The molecule has 1 atom stereocenters. The van der Waals surface area contributed by atoms with Gasteiger partial charge in [0, 0.05) is 18.0 Å². The molecule has 0 radical (unpaired) electrons. The lowest BCUT2D eigenvalue weighted by Gasteiger charge is -2.29. The van der Waals surface area contributed by atoms with Crippen LogP contribution in [0.15, 0.2) is 18.2 Å². The molecule has 0 spiro atoms. The maximum Gasteiger partial charge on any atom is 0.127 e. The number of hydrogen-bond acceptors (Lipinski definition) is 2. The number of fused-ring (bicyclic) bond motifs is 1. The molecule has 0 saturated carbocycles. The lowest BCUT2D eigenvalue weighted by molar-refractivity contribution is 0.262.